The third kappa shape index (κ3) is 3.59. The molecular weight excluding hydrogens is 232 g/mol. The number of rotatable bonds is 5. The van der Waals surface area contributed by atoms with E-state index in [1.165, 1.54) is 12.1 Å². The number of carbonyl (C=O) groups excluding carboxylic acids is 1. The van der Waals surface area contributed by atoms with Gasteiger partial charge in [-0.3, -0.25) is 14.9 Å². The molecule has 1 amide bonds. The predicted octanol–water partition coefficient (Wildman–Crippen LogP) is 1.16. The SMILES string of the molecule is CC(O)CCNC(=O)c1ccc([N+](=O)[O-])s1. The Labute approximate surface area is 96.1 Å². The molecule has 0 radical (unpaired) electrons. The molecule has 1 unspecified atom stereocenters. The van der Waals surface area contributed by atoms with Crippen LogP contribution in [0.1, 0.15) is 23.0 Å². The number of nitro groups is 1. The van der Waals surface area contributed by atoms with Gasteiger partial charge in [0.15, 0.2) is 0 Å². The van der Waals surface area contributed by atoms with Crippen LogP contribution in [0.15, 0.2) is 12.1 Å². The summed E-state index contributed by atoms with van der Waals surface area (Å²) in [6.45, 7) is 1.98. The second kappa shape index (κ2) is 5.57. The maximum Gasteiger partial charge on any atom is 0.324 e. The topological polar surface area (TPSA) is 92.5 Å². The van der Waals surface area contributed by atoms with Crippen LogP contribution in [0.5, 0.6) is 0 Å². The smallest absolute Gasteiger partial charge is 0.324 e. The second-order valence-corrected chi connectivity index (χ2v) is 4.35. The molecular formula is C9H12N2O4S. The van der Waals surface area contributed by atoms with Crippen LogP contribution in [0.2, 0.25) is 0 Å². The maximum atomic E-state index is 11.5. The Morgan fingerprint density at radius 3 is 2.88 bits per heavy atom. The first-order valence-electron chi connectivity index (χ1n) is 4.71. The van der Waals surface area contributed by atoms with E-state index >= 15 is 0 Å². The Kier molecular flexibility index (Phi) is 4.39. The fourth-order valence-corrected chi connectivity index (χ4v) is 1.77. The lowest BCUT2D eigenvalue weighted by Crippen LogP contribution is -2.25. The average molecular weight is 244 g/mol. The molecule has 0 bridgehead atoms. The zero-order chi connectivity index (χ0) is 12.1. The first-order valence-corrected chi connectivity index (χ1v) is 5.53. The van der Waals surface area contributed by atoms with Crippen molar-refractivity contribution < 1.29 is 14.8 Å². The van der Waals surface area contributed by atoms with E-state index in [2.05, 4.69) is 5.32 Å². The molecule has 7 heteroatoms. The van der Waals surface area contributed by atoms with Crippen LogP contribution in [0, 0.1) is 10.1 Å². The highest BCUT2D eigenvalue weighted by molar-refractivity contribution is 7.17. The molecule has 0 fully saturated rings. The molecule has 1 aromatic rings. The van der Waals surface area contributed by atoms with Crippen LogP contribution in [0.4, 0.5) is 5.00 Å². The Morgan fingerprint density at radius 2 is 2.38 bits per heavy atom. The van der Waals surface area contributed by atoms with Gasteiger partial charge < -0.3 is 10.4 Å². The minimum absolute atomic E-state index is 0.0549. The van der Waals surface area contributed by atoms with Crippen molar-refractivity contribution in [2.45, 2.75) is 19.4 Å². The summed E-state index contributed by atoms with van der Waals surface area (Å²) in [5.74, 6) is -0.348. The van der Waals surface area contributed by atoms with Crippen LogP contribution in [0.25, 0.3) is 0 Å². The lowest BCUT2D eigenvalue weighted by molar-refractivity contribution is -0.380. The van der Waals surface area contributed by atoms with Crippen molar-refractivity contribution in [1.29, 1.82) is 0 Å². The fraction of sp³-hybridized carbons (Fsp3) is 0.444. The van der Waals surface area contributed by atoms with Crippen LogP contribution in [-0.2, 0) is 0 Å². The first kappa shape index (κ1) is 12.6. The lowest BCUT2D eigenvalue weighted by atomic mass is 10.3. The van der Waals surface area contributed by atoms with E-state index in [4.69, 9.17) is 5.11 Å². The lowest BCUT2D eigenvalue weighted by Gasteiger charge is -2.04. The van der Waals surface area contributed by atoms with Gasteiger partial charge in [0.05, 0.1) is 15.9 Å². The molecule has 2 N–H and O–H groups in total. The maximum absolute atomic E-state index is 11.5. The summed E-state index contributed by atoms with van der Waals surface area (Å²) in [7, 11) is 0. The van der Waals surface area contributed by atoms with E-state index in [1.807, 2.05) is 0 Å². The van der Waals surface area contributed by atoms with Crippen molar-refractivity contribution in [2.24, 2.45) is 0 Å². The van der Waals surface area contributed by atoms with E-state index in [0.717, 1.165) is 11.3 Å². The molecule has 1 aromatic heterocycles. The normalized spacial score (nSPS) is 12.1. The van der Waals surface area contributed by atoms with E-state index in [-0.39, 0.29) is 10.9 Å². The zero-order valence-electron chi connectivity index (χ0n) is 8.67. The van der Waals surface area contributed by atoms with Gasteiger partial charge in [-0.25, -0.2) is 0 Å². The summed E-state index contributed by atoms with van der Waals surface area (Å²) in [4.78, 5) is 21.6. The highest BCUT2D eigenvalue weighted by Gasteiger charge is 2.14. The minimum Gasteiger partial charge on any atom is -0.393 e. The van der Waals surface area contributed by atoms with Crippen LogP contribution >= 0.6 is 11.3 Å². The zero-order valence-corrected chi connectivity index (χ0v) is 9.49. The molecule has 0 aromatic carbocycles. The summed E-state index contributed by atoms with van der Waals surface area (Å²) in [5, 5.41) is 21.9. The number of carbonyl (C=O) groups is 1. The van der Waals surface area contributed by atoms with Crippen LogP contribution in [0.3, 0.4) is 0 Å². The molecule has 16 heavy (non-hydrogen) atoms. The highest BCUT2D eigenvalue weighted by Crippen LogP contribution is 2.23. The van der Waals surface area contributed by atoms with Gasteiger partial charge >= 0.3 is 5.00 Å². The molecule has 0 saturated carbocycles. The number of nitrogens with one attached hydrogen (secondary N) is 1. The quantitative estimate of drug-likeness (QED) is 0.600. The number of thiophene rings is 1. The Bertz CT molecular complexity index is 389. The molecule has 6 nitrogen and oxygen atoms in total. The fourth-order valence-electron chi connectivity index (χ4n) is 1.03. The molecule has 1 atom stereocenters. The van der Waals surface area contributed by atoms with Crippen molar-refractivity contribution in [2.75, 3.05) is 6.54 Å². The summed E-state index contributed by atoms with van der Waals surface area (Å²) in [6.07, 6.45) is -0.0166. The summed E-state index contributed by atoms with van der Waals surface area (Å²) in [5.41, 5.74) is 0. The summed E-state index contributed by atoms with van der Waals surface area (Å²) < 4.78 is 0. The number of hydrogen-bond acceptors (Lipinski definition) is 5. The van der Waals surface area contributed by atoms with Gasteiger partial charge in [-0.1, -0.05) is 11.3 Å². The second-order valence-electron chi connectivity index (χ2n) is 3.29. The van der Waals surface area contributed by atoms with Gasteiger partial charge in [-0.05, 0) is 19.4 Å². The van der Waals surface area contributed by atoms with Crippen molar-refractivity contribution in [3.63, 3.8) is 0 Å². The van der Waals surface area contributed by atoms with Crippen molar-refractivity contribution in [1.82, 2.24) is 5.32 Å². The molecule has 88 valence electrons. The van der Waals surface area contributed by atoms with Gasteiger partial charge in [0, 0.05) is 12.6 Å². The standard InChI is InChI=1S/C9H12N2O4S/c1-6(12)4-5-10-9(13)7-2-3-8(16-7)11(14)15/h2-3,6,12H,4-5H2,1H3,(H,10,13). The number of amides is 1. The Hall–Kier alpha value is -1.47. The molecule has 0 aliphatic carbocycles. The Morgan fingerprint density at radius 1 is 1.69 bits per heavy atom. The van der Waals surface area contributed by atoms with Gasteiger partial charge in [-0.2, -0.15) is 0 Å². The van der Waals surface area contributed by atoms with E-state index in [9.17, 15) is 14.9 Å². The summed E-state index contributed by atoms with van der Waals surface area (Å²) in [6, 6.07) is 2.72. The van der Waals surface area contributed by atoms with Gasteiger partial charge in [0.2, 0.25) is 0 Å². The average Bonchev–Trinajstić information content (AvgIpc) is 2.65. The van der Waals surface area contributed by atoms with Gasteiger partial charge in [-0.15, -0.1) is 0 Å². The van der Waals surface area contributed by atoms with E-state index in [0.29, 0.717) is 17.8 Å². The number of aliphatic hydroxyl groups is 1. The largest absolute Gasteiger partial charge is 0.393 e. The third-order valence-corrected chi connectivity index (χ3v) is 2.88. The van der Waals surface area contributed by atoms with Crippen LogP contribution in [-0.4, -0.2) is 28.6 Å². The number of nitrogens with zero attached hydrogens (tertiary/aromatic N) is 1. The van der Waals surface area contributed by atoms with E-state index in [1.54, 1.807) is 6.92 Å². The summed E-state index contributed by atoms with van der Waals surface area (Å²) >= 11 is 0.834. The predicted molar refractivity (Wildman–Crippen MR) is 59.6 cm³/mol. The third-order valence-electron chi connectivity index (χ3n) is 1.84. The highest BCUT2D eigenvalue weighted by atomic mass is 32.1. The van der Waals surface area contributed by atoms with E-state index < -0.39 is 11.0 Å². The van der Waals surface area contributed by atoms with Gasteiger partial charge in [0.1, 0.15) is 0 Å². The molecule has 0 aliphatic heterocycles. The molecule has 0 aliphatic rings. The molecule has 1 rings (SSSR count). The Balaban J connectivity index is 2.50. The first-order chi connectivity index (χ1) is 7.50. The minimum atomic E-state index is -0.531. The number of hydrogen-bond donors (Lipinski definition) is 2. The van der Waals surface area contributed by atoms with Crippen LogP contribution < -0.4 is 5.32 Å². The molecule has 0 saturated heterocycles. The molecule has 0 spiro atoms. The number of aliphatic hydroxyl groups excluding tert-OH is 1. The molecule has 1 heterocycles. The van der Waals surface area contributed by atoms with Gasteiger partial charge in [0.25, 0.3) is 5.91 Å². The van der Waals surface area contributed by atoms with Crippen molar-refractivity contribution in [3.8, 4) is 0 Å². The van der Waals surface area contributed by atoms with Crippen molar-refractivity contribution >= 4 is 22.2 Å². The van der Waals surface area contributed by atoms with Crippen molar-refractivity contribution in [3.05, 3.63) is 27.1 Å². The monoisotopic (exact) mass is 244 g/mol.